The summed E-state index contributed by atoms with van der Waals surface area (Å²) in [6.07, 6.45) is 0.928. The molecule has 1 unspecified atom stereocenters. The molecule has 1 aromatic carbocycles. The number of hydrogen-bond acceptors (Lipinski definition) is 2. The summed E-state index contributed by atoms with van der Waals surface area (Å²) < 4.78 is 7.23. The standard InChI is InChI=1S/C14H13Br2ClOS/c1-18-7-6-9-2-4-10(5-3-9)13(17)11-8-12(15)19-14(11)16/h2-5,8,13H,6-7H2,1H3. The first-order chi connectivity index (χ1) is 9.11. The molecule has 0 saturated carbocycles. The quantitative estimate of drug-likeness (QED) is 0.552. The first-order valence-corrected chi connectivity index (χ1v) is 8.62. The Labute approximate surface area is 139 Å². The van der Waals surface area contributed by atoms with Crippen molar-refractivity contribution in [2.75, 3.05) is 13.7 Å². The van der Waals surface area contributed by atoms with Gasteiger partial charge in [0.15, 0.2) is 0 Å². The molecule has 0 bridgehead atoms. The van der Waals surface area contributed by atoms with E-state index in [1.807, 2.05) is 0 Å². The van der Waals surface area contributed by atoms with E-state index >= 15 is 0 Å². The van der Waals surface area contributed by atoms with Crippen LogP contribution in [0.1, 0.15) is 22.1 Å². The van der Waals surface area contributed by atoms with E-state index in [0.717, 1.165) is 31.7 Å². The zero-order chi connectivity index (χ0) is 13.8. The molecule has 0 saturated heterocycles. The fourth-order valence-electron chi connectivity index (χ4n) is 1.78. The van der Waals surface area contributed by atoms with Gasteiger partial charge in [0.1, 0.15) is 0 Å². The molecule has 0 amide bonds. The molecular formula is C14H13Br2ClOS. The minimum atomic E-state index is -0.131. The molecule has 0 aliphatic rings. The van der Waals surface area contributed by atoms with Crippen LogP contribution in [0.25, 0.3) is 0 Å². The van der Waals surface area contributed by atoms with Crippen LogP contribution in [0, 0.1) is 0 Å². The number of methoxy groups -OCH3 is 1. The van der Waals surface area contributed by atoms with E-state index in [1.165, 1.54) is 5.56 Å². The summed E-state index contributed by atoms with van der Waals surface area (Å²) in [5, 5.41) is -0.131. The van der Waals surface area contributed by atoms with Gasteiger partial charge in [-0.05, 0) is 55.5 Å². The third-order valence-electron chi connectivity index (χ3n) is 2.82. The predicted octanol–water partition coefficient (Wildman–Crippen LogP) is 5.79. The van der Waals surface area contributed by atoms with Crippen LogP contribution in [0.4, 0.5) is 0 Å². The molecule has 102 valence electrons. The van der Waals surface area contributed by atoms with Gasteiger partial charge in [0.05, 0.1) is 19.6 Å². The topological polar surface area (TPSA) is 9.23 Å². The molecule has 2 rings (SSSR count). The second kappa shape index (κ2) is 7.23. The number of alkyl halides is 1. The van der Waals surface area contributed by atoms with Gasteiger partial charge < -0.3 is 4.74 Å². The summed E-state index contributed by atoms with van der Waals surface area (Å²) >= 11 is 15.2. The largest absolute Gasteiger partial charge is 0.384 e. The fourth-order valence-corrected chi connectivity index (χ4v) is 5.19. The lowest BCUT2D eigenvalue weighted by atomic mass is 10.0. The molecule has 2 aromatic rings. The van der Waals surface area contributed by atoms with E-state index in [1.54, 1.807) is 18.4 Å². The second-order valence-corrected chi connectivity index (χ2v) is 8.31. The van der Waals surface area contributed by atoms with Crippen molar-refractivity contribution in [3.63, 3.8) is 0 Å². The van der Waals surface area contributed by atoms with Gasteiger partial charge in [0.25, 0.3) is 0 Å². The van der Waals surface area contributed by atoms with E-state index in [4.69, 9.17) is 16.3 Å². The van der Waals surface area contributed by atoms with Crippen molar-refractivity contribution in [1.82, 2.24) is 0 Å². The van der Waals surface area contributed by atoms with Gasteiger partial charge in [-0.2, -0.15) is 0 Å². The van der Waals surface area contributed by atoms with Gasteiger partial charge in [0, 0.05) is 12.7 Å². The summed E-state index contributed by atoms with van der Waals surface area (Å²) in [5.74, 6) is 0. The SMILES string of the molecule is COCCc1ccc(C(Cl)c2cc(Br)sc2Br)cc1. The molecule has 0 radical (unpaired) electrons. The highest BCUT2D eigenvalue weighted by atomic mass is 79.9. The lowest BCUT2D eigenvalue weighted by Crippen LogP contribution is -1.96. The molecule has 0 fully saturated rings. The van der Waals surface area contributed by atoms with Crippen molar-refractivity contribution < 1.29 is 4.74 Å². The van der Waals surface area contributed by atoms with Crippen molar-refractivity contribution in [2.24, 2.45) is 0 Å². The van der Waals surface area contributed by atoms with Crippen LogP contribution in [0.15, 0.2) is 37.9 Å². The fraction of sp³-hybridized carbons (Fsp3) is 0.286. The summed E-state index contributed by atoms with van der Waals surface area (Å²) in [6.45, 7) is 0.743. The number of hydrogen-bond donors (Lipinski definition) is 0. The summed E-state index contributed by atoms with van der Waals surface area (Å²) in [6, 6.07) is 10.4. The normalized spacial score (nSPS) is 12.6. The minimum Gasteiger partial charge on any atom is -0.384 e. The van der Waals surface area contributed by atoms with Crippen molar-refractivity contribution in [1.29, 1.82) is 0 Å². The minimum absolute atomic E-state index is 0.131. The van der Waals surface area contributed by atoms with E-state index in [0.29, 0.717) is 0 Å². The Morgan fingerprint density at radius 2 is 1.95 bits per heavy atom. The second-order valence-electron chi connectivity index (χ2n) is 4.13. The Kier molecular flexibility index (Phi) is 5.90. The highest BCUT2D eigenvalue weighted by molar-refractivity contribution is 9.12. The van der Waals surface area contributed by atoms with Gasteiger partial charge in [-0.3, -0.25) is 0 Å². The molecule has 1 aromatic heterocycles. The molecule has 0 N–H and O–H groups in total. The van der Waals surface area contributed by atoms with E-state index < -0.39 is 0 Å². The third-order valence-corrected chi connectivity index (χ3v) is 5.70. The summed E-state index contributed by atoms with van der Waals surface area (Å²) in [4.78, 5) is 0. The number of halogens is 3. The number of rotatable bonds is 5. The Morgan fingerprint density at radius 1 is 1.26 bits per heavy atom. The number of thiophene rings is 1. The van der Waals surface area contributed by atoms with Crippen LogP contribution < -0.4 is 0 Å². The number of benzene rings is 1. The smallest absolute Gasteiger partial charge is 0.0854 e. The summed E-state index contributed by atoms with van der Waals surface area (Å²) in [5.41, 5.74) is 3.47. The zero-order valence-electron chi connectivity index (χ0n) is 10.3. The average molecular weight is 425 g/mol. The Hall–Kier alpha value is 0.130. The Bertz CT molecular complexity index is 539. The van der Waals surface area contributed by atoms with Crippen LogP contribution in [-0.2, 0) is 11.2 Å². The molecular weight excluding hydrogens is 411 g/mol. The van der Waals surface area contributed by atoms with Crippen LogP contribution in [0.5, 0.6) is 0 Å². The molecule has 0 aliphatic carbocycles. The Morgan fingerprint density at radius 3 is 2.47 bits per heavy atom. The molecule has 1 heterocycles. The van der Waals surface area contributed by atoms with Gasteiger partial charge in [-0.1, -0.05) is 24.3 Å². The maximum atomic E-state index is 6.54. The highest BCUT2D eigenvalue weighted by Gasteiger charge is 2.16. The van der Waals surface area contributed by atoms with Crippen molar-refractivity contribution in [2.45, 2.75) is 11.8 Å². The molecule has 1 atom stereocenters. The third kappa shape index (κ3) is 4.05. The zero-order valence-corrected chi connectivity index (χ0v) is 15.1. The molecule has 0 aliphatic heterocycles. The lowest BCUT2D eigenvalue weighted by Gasteiger charge is -2.10. The van der Waals surface area contributed by atoms with Crippen molar-refractivity contribution in [3.05, 3.63) is 54.6 Å². The van der Waals surface area contributed by atoms with Gasteiger partial charge in [0.2, 0.25) is 0 Å². The van der Waals surface area contributed by atoms with Gasteiger partial charge >= 0.3 is 0 Å². The Balaban J connectivity index is 2.15. The number of ether oxygens (including phenoxy) is 1. The van der Waals surface area contributed by atoms with Crippen LogP contribution in [0.2, 0.25) is 0 Å². The molecule has 1 nitrogen and oxygen atoms in total. The van der Waals surface area contributed by atoms with Crippen LogP contribution in [0.3, 0.4) is 0 Å². The van der Waals surface area contributed by atoms with E-state index in [9.17, 15) is 0 Å². The first-order valence-electron chi connectivity index (χ1n) is 5.78. The lowest BCUT2D eigenvalue weighted by molar-refractivity contribution is 0.202. The molecule has 0 spiro atoms. The van der Waals surface area contributed by atoms with Crippen molar-refractivity contribution >= 4 is 54.8 Å². The van der Waals surface area contributed by atoms with Gasteiger partial charge in [-0.15, -0.1) is 22.9 Å². The van der Waals surface area contributed by atoms with Crippen LogP contribution in [-0.4, -0.2) is 13.7 Å². The predicted molar refractivity (Wildman–Crippen MR) is 89.4 cm³/mol. The van der Waals surface area contributed by atoms with Gasteiger partial charge in [-0.25, -0.2) is 0 Å². The molecule has 5 heteroatoms. The van der Waals surface area contributed by atoms with E-state index in [2.05, 4.69) is 62.2 Å². The average Bonchev–Trinajstić information content (AvgIpc) is 2.75. The maximum absolute atomic E-state index is 6.54. The maximum Gasteiger partial charge on any atom is 0.0854 e. The molecule has 19 heavy (non-hydrogen) atoms. The first kappa shape index (κ1) is 15.5. The van der Waals surface area contributed by atoms with Crippen LogP contribution >= 0.6 is 54.8 Å². The summed E-state index contributed by atoms with van der Waals surface area (Å²) in [7, 11) is 1.72. The highest BCUT2D eigenvalue weighted by Crippen LogP contribution is 2.40. The van der Waals surface area contributed by atoms with E-state index in [-0.39, 0.29) is 5.38 Å². The van der Waals surface area contributed by atoms with Crippen molar-refractivity contribution in [3.8, 4) is 0 Å². The monoisotopic (exact) mass is 422 g/mol.